The van der Waals surface area contributed by atoms with Gasteiger partial charge in [-0.25, -0.2) is 0 Å². The summed E-state index contributed by atoms with van der Waals surface area (Å²) in [5.41, 5.74) is 2.94. The van der Waals surface area contributed by atoms with E-state index in [1.54, 1.807) is 17.3 Å². The van der Waals surface area contributed by atoms with Gasteiger partial charge in [0.1, 0.15) is 23.1 Å². The number of aromatic amines is 1. The van der Waals surface area contributed by atoms with Crippen molar-refractivity contribution in [3.63, 3.8) is 0 Å². The number of likely N-dealkylation sites (tertiary alicyclic amines) is 1. The van der Waals surface area contributed by atoms with E-state index in [4.69, 9.17) is 16.3 Å². The van der Waals surface area contributed by atoms with E-state index in [1.165, 1.54) is 13.8 Å². The molecule has 0 radical (unpaired) electrons. The van der Waals surface area contributed by atoms with Crippen LogP contribution in [0.15, 0.2) is 61.1 Å². The number of nitrogens with one attached hydrogen (secondary N) is 1. The number of carbonyl (C=O) groups is 1. The Labute approximate surface area is 224 Å². The van der Waals surface area contributed by atoms with Crippen molar-refractivity contribution in [2.75, 3.05) is 13.1 Å². The van der Waals surface area contributed by atoms with Gasteiger partial charge in [-0.1, -0.05) is 17.7 Å². The van der Waals surface area contributed by atoms with Gasteiger partial charge in [-0.15, -0.1) is 0 Å². The Morgan fingerprint density at radius 2 is 2.03 bits per heavy atom. The van der Waals surface area contributed by atoms with Crippen LogP contribution in [-0.4, -0.2) is 59.6 Å². The molecule has 6 rings (SSSR count). The van der Waals surface area contributed by atoms with E-state index in [1.807, 2.05) is 60.3 Å². The molecule has 10 heteroatoms. The molecule has 1 aliphatic heterocycles. The summed E-state index contributed by atoms with van der Waals surface area (Å²) in [7, 11) is 0. The third-order valence-corrected chi connectivity index (χ3v) is 7.14. The van der Waals surface area contributed by atoms with Crippen LogP contribution in [-0.2, 0) is 4.79 Å². The molecule has 1 fully saturated rings. The van der Waals surface area contributed by atoms with Crippen LogP contribution in [0.5, 0.6) is 5.75 Å². The topological polar surface area (TPSA) is 109 Å². The number of fused-ring (bicyclic) bond motifs is 2. The van der Waals surface area contributed by atoms with Gasteiger partial charge in [-0.3, -0.25) is 19.6 Å². The van der Waals surface area contributed by atoms with Gasteiger partial charge in [0.25, 0.3) is 5.91 Å². The van der Waals surface area contributed by atoms with Crippen LogP contribution in [0.2, 0.25) is 5.02 Å². The van der Waals surface area contributed by atoms with Gasteiger partial charge >= 0.3 is 0 Å². The van der Waals surface area contributed by atoms with Gasteiger partial charge in [0.2, 0.25) is 0 Å². The summed E-state index contributed by atoms with van der Waals surface area (Å²) in [6.45, 7) is 6.02. The average molecular weight is 531 g/mol. The fraction of sp³-hybridized carbons (Fsp3) is 0.286. The summed E-state index contributed by atoms with van der Waals surface area (Å²) >= 11 is 6.36. The van der Waals surface area contributed by atoms with Gasteiger partial charge in [-0.2, -0.15) is 10.2 Å². The maximum atomic E-state index is 12.3. The number of nitrogens with zero attached hydrogens (tertiary/aromatic N) is 5. The zero-order chi connectivity index (χ0) is 26.6. The number of carbonyl (C=O) groups excluding carboxylic acids is 1. The molecule has 9 nitrogen and oxygen atoms in total. The zero-order valence-corrected chi connectivity index (χ0v) is 22.0. The molecule has 2 aromatic carbocycles. The van der Waals surface area contributed by atoms with Crippen molar-refractivity contribution in [2.45, 2.75) is 38.5 Å². The molecule has 38 heavy (non-hydrogen) atoms. The predicted molar refractivity (Wildman–Crippen MR) is 145 cm³/mol. The van der Waals surface area contributed by atoms with Gasteiger partial charge < -0.3 is 14.7 Å². The van der Waals surface area contributed by atoms with E-state index in [2.05, 4.69) is 20.3 Å². The third-order valence-electron chi connectivity index (χ3n) is 6.92. The maximum Gasteiger partial charge on any atom is 0.254 e. The SMILES string of the molecule is CC(Oc1ccc2[nH]nc(-c3cnn(C4CN(C(=O)C(C)(C)O)C4)c3)c2c1)c1cc(Cl)cc2ncccc12. The predicted octanol–water partition coefficient (Wildman–Crippen LogP) is 4.92. The monoisotopic (exact) mass is 530 g/mol. The lowest BCUT2D eigenvalue weighted by molar-refractivity contribution is -0.154. The molecular formula is C28H27ClN6O3. The van der Waals surface area contributed by atoms with E-state index >= 15 is 0 Å². The van der Waals surface area contributed by atoms with Crippen LogP contribution >= 0.6 is 11.6 Å². The first-order valence-electron chi connectivity index (χ1n) is 12.4. The molecule has 1 amide bonds. The second-order valence-electron chi connectivity index (χ2n) is 10.2. The highest BCUT2D eigenvalue weighted by Crippen LogP contribution is 2.34. The number of aliphatic hydroxyl groups is 1. The fourth-order valence-electron chi connectivity index (χ4n) is 4.90. The molecule has 4 heterocycles. The van der Waals surface area contributed by atoms with Gasteiger partial charge in [0.05, 0.1) is 23.3 Å². The second kappa shape index (κ2) is 9.11. The molecule has 1 unspecified atom stereocenters. The normalized spacial score (nSPS) is 15.1. The fourth-order valence-corrected chi connectivity index (χ4v) is 5.12. The minimum atomic E-state index is -1.37. The van der Waals surface area contributed by atoms with Crippen LogP contribution in [0.3, 0.4) is 0 Å². The van der Waals surface area contributed by atoms with Crippen LogP contribution in [0.4, 0.5) is 0 Å². The minimum absolute atomic E-state index is 0.0574. The molecule has 1 atom stereocenters. The van der Waals surface area contributed by atoms with E-state index in [9.17, 15) is 9.90 Å². The van der Waals surface area contributed by atoms with Crippen molar-refractivity contribution in [1.82, 2.24) is 29.9 Å². The molecular weight excluding hydrogens is 504 g/mol. The van der Waals surface area contributed by atoms with Gasteiger partial charge in [-0.05, 0) is 57.2 Å². The summed E-state index contributed by atoms with van der Waals surface area (Å²) in [5, 5.41) is 24.6. The number of pyridine rings is 1. The lowest BCUT2D eigenvalue weighted by Gasteiger charge is -2.41. The van der Waals surface area contributed by atoms with E-state index < -0.39 is 5.60 Å². The number of aromatic nitrogens is 5. The molecule has 0 bridgehead atoms. The number of hydrogen-bond acceptors (Lipinski definition) is 6. The molecule has 0 saturated carbocycles. The van der Waals surface area contributed by atoms with Gasteiger partial charge in [0, 0.05) is 52.4 Å². The highest BCUT2D eigenvalue weighted by Gasteiger charge is 2.38. The number of ether oxygens (including phenoxy) is 1. The van der Waals surface area contributed by atoms with E-state index in [0.29, 0.717) is 23.9 Å². The van der Waals surface area contributed by atoms with E-state index in [0.717, 1.165) is 38.6 Å². The summed E-state index contributed by atoms with van der Waals surface area (Å²) in [6, 6.07) is 13.6. The number of benzene rings is 2. The molecule has 0 spiro atoms. The minimum Gasteiger partial charge on any atom is -0.486 e. The largest absolute Gasteiger partial charge is 0.486 e. The van der Waals surface area contributed by atoms with E-state index in [-0.39, 0.29) is 18.1 Å². The van der Waals surface area contributed by atoms with Crippen molar-refractivity contribution in [3.05, 3.63) is 71.6 Å². The Morgan fingerprint density at radius 1 is 1.21 bits per heavy atom. The molecule has 1 aliphatic rings. The summed E-state index contributed by atoms with van der Waals surface area (Å²) < 4.78 is 8.21. The first-order valence-corrected chi connectivity index (χ1v) is 12.8. The quantitative estimate of drug-likeness (QED) is 0.322. The zero-order valence-electron chi connectivity index (χ0n) is 21.2. The number of H-pyrrole nitrogens is 1. The first kappa shape index (κ1) is 24.4. The van der Waals surface area contributed by atoms with Crippen LogP contribution in [0.1, 0.15) is 38.5 Å². The molecule has 5 aromatic rings. The number of halogens is 1. The van der Waals surface area contributed by atoms with Crippen LogP contribution in [0, 0.1) is 0 Å². The van der Waals surface area contributed by atoms with Crippen LogP contribution in [0.25, 0.3) is 33.1 Å². The maximum absolute atomic E-state index is 12.3. The standard InChI is InChI=1S/C28H27ClN6O3/c1-16(22-9-18(29)10-25-21(22)5-4-8-30-25)38-20-6-7-24-23(11-20)26(33-32-24)17-12-31-35(13-17)19-14-34(15-19)27(36)28(2,3)37/h4-13,16,19,37H,14-15H2,1-3H3,(H,32,33). The van der Waals surface area contributed by atoms with Crippen molar-refractivity contribution < 1.29 is 14.6 Å². The van der Waals surface area contributed by atoms with Gasteiger partial charge in [0.15, 0.2) is 0 Å². The Morgan fingerprint density at radius 3 is 2.82 bits per heavy atom. The Kier molecular flexibility index (Phi) is 5.85. The molecule has 194 valence electrons. The Bertz CT molecular complexity index is 1660. The number of hydrogen-bond donors (Lipinski definition) is 2. The average Bonchev–Trinajstić information content (AvgIpc) is 3.49. The van der Waals surface area contributed by atoms with Crippen molar-refractivity contribution >= 4 is 39.3 Å². The Balaban J connectivity index is 1.23. The van der Waals surface area contributed by atoms with Crippen LogP contribution < -0.4 is 4.74 Å². The highest BCUT2D eigenvalue weighted by atomic mass is 35.5. The second-order valence-corrected chi connectivity index (χ2v) is 10.7. The third kappa shape index (κ3) is 4.37. The van der Waals surface area contributed by atoms with Crippen molar-refractivity contribution in [2.24, 2.45) is 0 Å². The smallest absolute Gasteiger partial charge is 0.254 e. The molecule has 1 saturated heterocycles. The summed E-state index contributed by atoms with van der Waals surface area (Å²) in [5.74, 6) is 0.431. The lowest BCUT2D eigenvalue weighted by Crippen LogP contribution is -2.56. The lowest BCUT2D eigenvalue weighted by atomic mass is 10.0. The summed E-state index contributed by atoms with van der Waals surface area (Å²) in [6.07, 6.45) is 5.20. The molecule has 3 aromatic heterocycles. The molecule has 2 N–H and O–H groups in total. The highest BCUT2D eigenvalue weighted by molar-refractivity contribution is 6.31. The number of rotatable bonds is 6. The van der Waals surface area contributed by atoms with Crippen molar-refractivity contribution in [3.8, 4) is 17.0 Å². The first-order chi connectivity index (χ1) is 18.2. The molecule has 0 aliphatic carbocycles. The van der Waals surface area contributed by atoms with Crippen molar-refractivity contribution in [1.29, 1.82) is 0 Å². The number of amides is 1. The summed E-state index contributed by atoms with van der Waals surface area (Å²) in [4.78, 5) is 18.3. The Hall–Kier alpha value is -3.95.